The Morgan fingerprint density at radius 1 is 1.08 bits per heavy atom. The number of hydrogen-bond donors (Lipinski definition) is 1. The van der Waals surface area contributed by atoms with Crippen LogP contribution in [0.15, 0.2) is 56.1 Å². The molecule has 130 valence electrons. The molecule has 0 aliphatic carbocycles. The molecule has 1 amide bonds. The van der Waals surface area contributed by atoms with E-state index in [0.29, 0.717) is 22.4 Å². The predicted octanol–water partition coefficient (Wildman–Crippen LogP) is 3.48. The maximum Gasteiger partial charge on any atom is 0.287 e. The Labute approximate surface area is 148 Å². The lowest BCUT2D eigenvalue weighted by Crippen LogP contribution is -2.24. The van der Waals surface area contributed by atoms with Crippen molar-refractivity contribution in [3.63, 3.8) is 0 Å². The smallest absolute Gasteiger partial charge is 0.287 e. The SMILES string of the molecule is Cc1ccc2c(=O)cc(C(=O)NCc3nc4c(C)cccc4o3)oc2c1. The molecule has 0 atom stereocenters. The highest BCUT2D eigenvalue weighted by atomic mass is 16.4. The molecule has 4 rings (SSSR count). The van der Waals surface area contributed by atoms with Crippen molar-refractivity contribution >= 4 is 28.0 Å². The second-order valence-electron chi connectivity index (χ2n) is 6.19. The van der Waals surface area contributed by atoms with E-state index in [0.717, 1.165) is 16.6 Å². The molecule has 0 unspecified atom stereocenters. The molecule has 0 bridgehead atoms. The Kier molecular flexibility index (Phi) is 3.80. The summed E-state index contributed by atoms with van der Waals surface area (Å²) in [6.45, 7) is 3.93. The van der Waals surface area contributed by atoms with Crippen LogP contribution < -0.4 is 10.7 Å². The van der Waals surface area contributed by atoms with Crippen LogP contribution in [0.1, 0.15) is 27.6 Å². The number of amides is 1. The average Bonchev–Trinajstić information content (AvgIpc) is 3.03. The summed E-state index contributed by atoms with van der Waals surface area (Å²) >= 11 is 0. The molecular formula is C20H16N2O4. The first-order valence-corrected chi connectivity index (χ1v) is 8.19. The quantitative estimate of drug-likeness (QED) is 0.613. The van der Waals surface area contributed by atoms with Crippen LogP contribution in [0.4, 0.5) is 0 Å². The highest BCUT2D eigenvalue weighted by Crippen LogP contribution is 2.19. The molecular weight excluding hydrogens is 332 g/mol. The summed E-state index contributed by atoms with van der Waals surface area (Å²) < 4.78 is 11.2. The van der Waals surface area contributed by atoms with Crippen LogP contribution in [0.3, 0.4) is 0 Å². The van der Waals surface area contributed by atoms with Crippen molar-refractivity contribution in [2.75, 3.05) is 0 Å². The third kappa shape index (κ3) is 2.86. The van der Waals surface area contributed by atoms with Crippen LogP contribution in [-0.2, 0) is 6.54 Å². The van der Waals surface area contributed by atoms with Gasteiger partial charge in [-0.1, -0.05) is 18.2 Å². The normalized spacial score (nSPS) is 11.2. The zero-order valence-corrected chi connectivity index (χ0v) is 14.3. The first-order chi connectivity index (χ1) is 12.5. The van der Waals surface area contributed by atoms with Gasteiger partial charge in [0.25, 0.3) is 5.91 Å². The van der Waals surface area contributed by atoms with Gasteiger partial charge in [-0.15, -0.1) is 0 Å². The van der Waals surface area contributed by atoms with Gasteiger partial charge >= 0.3 is 0 Å². The molecule has 2 aromatic carbocycles. The second-order valence-corrected chi connectivity index (χ2v) is 6.19. The summed E-state index contributed by atoms with van der Waals surface area (Å²) in [5.74, 6) is -0.147. The van der Waals surface area contributed by atoms with Crippen molar-refractivity contribution in [1.29, 1.82) is 0 Å². The minimum atomic E-state index is -0.496. The number of benzene rings is 2. The zero-order chi connectivity index (χ0) is 18.3. The second kappa shape index (κ2) is 6.15. The van der Waals surface area contributed by atoms with E-state index in [1.54, 1.807) is 12.1 Å². The molecule has 1 N–H and O–H groups in total. The summed E-state index contributed by atoms with van der Waals surface area (Å²) in [5.41, 5.74) is 3.51. The number of aryl methyl sites for hydroxylation is 2. The topological polar surface area (TPSA) is 85.3 Å². The fourth-order valence-corrected chi connectivity index (χ4v) is 2.82. The molecule has 4 aromatic rings. The molecule has 0 fully saturated rings. The number of hydrogen-bond acceptors (Lipinski definition) is 5. The van der Waals surface area contributed by atoms with Crippen molar-refractivity contribution in [3.8, 4) is 0 Å². The van der Waals surface area contributed by atoms with Crippen LogP contribution in [0, 0.1) is 13.8 Å². The molecule has 0 saturated carbocycles. The molecule has 6 heteroatoms. The van der Waals surface area contributed by atoms with Crippen LogP contribution in [0.25, 0.3) is 22.1 Å². The largest absolute Gasteiger partial charge is 0.451 e. The van der Waals surface area contributed by atoms with Gasteiger partial charge in [-0.3, -0.25) is 9.59 Å². The van der Waals surface area contributed by atoms with E-state index in [1.807, 2.05) is 38.1 Å². The van der Waals surface area contributed by atoms with Crippen molar-refractivity contribution in [1.82, 2.24) is 10.3 Å². The number of carbonyl (C=O) groups is 1. The van der Waals surface area contributed by atoms with Crippen molar-refractivity contribution in [2.45, 2.75) is 20.4 Å². The first-order valence-electron chi connectivity index (χ1n) is 8.19. The minimum absolute atomic E-state index is 0.0413. The maximum absolute atomic E-state index is 12.4. The van der Waals surface area contributed by atoms with Gasteiger partial charge in [0.05, 0.1) is 11.9 Å². The van der Waals surface area contributed by atoms with Crippen molar-refractivity contribution in [3.05, 3.63) is 75.5 Å². The summed E-state index contributed by atoms with van der Waals surface area (Å²) in [7, 11) is 0. The Bertz CT molecular complexity index is 1200. The Morgan fingerprint density at radius 2 is 1.92 bits per heavy atom. The Hall–Kier alpha value is -3.41. The third-order valence-electron chi connectivity index (χ3n) is 4.17. The van der Waals surface area contributed by atoms with E-state index in [-0.39, 0.29) is 17.7 Å². The highest BCUT2D eigenvalue weighted by molar-refractivity contribution is 5.93. The van der Waals surface area contributed by atoms with Gasteiger partial charge < -0.3 is 14.2 Å². The molecule has 0 radical (unpaired) electrons. The van der Waals surface area contributed by atoms with Gasteiger partial charge in [0.2, 0.25) is 5.89 Å². The number of rotatable bonds is 3. The molecule has 0 aliphatic rings. The molecule has 2 aromatic heterocycles. The van der Waals surface area contributed by atoms with E-state index in [2.05, 4.69) is 10.3 Å². The highest BCUT2D eigenvalue weighted by Gasteiger charge is 2.14. The van der Waals surface area contributed by atoms with Crippen LogP contribution in [0.5, 0.6) is 0 Å². The fraction of sp³-hybridized carbons (Fsp3) is 0.150. The number of para-hydroxylation sites is 1. The van der Waals surface area contributed by atoms with Gasteiger partial charge in [0.1, 0.15) is 11.1 Å². The lowest BCUT2D eigenvalue weighted by Gasteiger charge is -2.04. The lowest BCUT2D eigenvalue weighted by molar-refractivity contribution is 0.0920. The number of nitrogens with zero attached hydrogens (tertiary/aromatic N) is 1. The van der Waals surface area contributed by atoms with E-state index in [4.69, 9.17) is 8.83 Å². The van der Waals surface area contributed by atoms with Gasteiger partial charge in [0.15, 0.2) is 16.8 Å². The maximum atomic E-state index is 12.4. The van der Waals surface area contributed by atoms with Gasteiger partial charge in [-0.25, -0.2) is 4.98 Å². The number of oxazole rings is 1. The number of carbonyl (C=O) groups excluding carboxylic acids is 1. The van der Waals surface area contributed by atoms with Gasteiger partial charge in [-0.2, -0.15) is 0 Å². The lowest BCUT2D eigenvalue weighted by atomic mass is 10.1. The molecule has 0 spiro atoms. The first kappa shape index (κ1) is 16.1. The Balaban J connectivity index is 1.58. The molecule has 0 aliphatic heterocycles. The van der Waals surface area contributed by atoms with Crippen LogP contribution in [-0.4, -0.2) is 10.9 Å². The molecule has 2 heterocycles. The standard InChI is InChI=1S/C20H16N2O4/c1-11-6-7-13-14(23)9-17(25-16(13)8-11)20(24)21-10-18-22-19-12(2)4-3-5-15(19)26-18/h3-9H,10H2,1-2H3,(H,21,24). The molecule has 26 heavy (non-hydrogen) atoms. The zero-order valence-electron chi connectivity index (χ0n) is 14.3. The summed E-state index contributed by atoms with van der Waals surface area (Å²) in [6, 6.07) is 12.1. The third-order valence-corrected chi connectivity index (χ3v) is 4.17. The summed E-state index contributed by atoms with van der Waals surface area (Å²) in [4.78, 5) is 28.9. The van der Waals surface area contributed by atoms with Crippen molar-refractivity contribution in [2.24, 2.45) is 0 Å². The summed E-state index contributed by atoms with van der Waals surface area (Å²) in [5, 5.41) is 3.12. The molecule has 0 saturated heterocycles. The number of aromatic nitrogens is 1. The van der Waals surface area contributed by atoms with Crippen LogP contribution in [0.2, 0.25) is 0 Å². The van der Waals surface area contributed by atoms with Crippen LogP contribution >= 0.6 is 0 Å². The number of nitrogens with one attached hydrogen (secondary N) is 1. The van der Waals surface area contributed by atoms with Gasteiger partial charge in [0, 0.05) is 6.07 Å². The van der Waals surface area contributed by atoms with Gasteiger partial charge in [-0.05, 0) is 43.2 Å². The monoisotopic (exact) mass is 348 g/mol. The molecule has 6 nitrogen and oxygen atoms in total. The van der Waals surface area contributed by atoms with E-state index in [9.17, 15) is 9.59 Å². The minimum Gasteiger partial charge on any atom is -0.451 e. The van der Waals surface area contributed by atoms with Crippen molar-refractivity contribution < 1.29 is 13.6 Å². The average molecular weight is 348 g/mol. The van der Waals surface area contributed by atoms with E-state index >= 15 is 0 Å². The summed E-state index contributed by atoms with van der Waals surface area (Å²) in [6.07, 6.45) is 0. The number of fused-ring (bicyclic) bond motifs is 2. The van der Waals surface area contributed by atoms with E-state index < -0.39 is 5.91 Å². The Morgan fingerprint density at radius 3 is 2.73 bits per heavy atom. The fourth-order valence-electron chi connectivity index (χ4n) is 2.82. The predicted molar refractivity (Wildman–Crippen MR) is 97.1 cm³/mol. The van der Waals surface area contributed by atoms with E-state index in [1.165, 1.54) is 6.07 Å².